The highest BCUT2D eigenvalue weighted by Gasteiger charge is 2.39. The van der Waals surface area contributed by atoms with Crippen molar-refractivity contribution in [2.45, 2.75) is 18.9 Å². The van der Waals surface area contributed by atoms with Gasteiger partial charge in [0.2, 0.25) is 5.91 Å². The summed E-state index contributed by atoms with van der Waals surface area (Å²) >= 11 is 1.58. The van der Waals surface area contributed by atoms with Gasteiger partial charge in [-0.05, 0) is 43.0 Å². The van der Waals surface area contributed by atoms with Crippen molar-refractivity contribution in [1.29, 1.82) is 0 Å². The Labute approximate surface area is 173 Å². The third kappa shape index (κ3) is 4.49. The Morgan fingerprint density at radius 1 is 1.24 bits per heavy atom. The summed E-state index contributed by atoms with van der Waals surface area (Å²) in [5.41, 5.74) is 1.82. The summed E-state index contributed by atoms with van der Waals surface area (Å²) in [5, 5.41) is 9.53. The van der Waals surface area contributed by atoms with Crippen LogP contribution in [0.3, 0.4) is 0 Å². The number of benzene rings is 1. The predicted octanol–water partition coefficient (Wildman–Crippen LogP) is 3.31. The van der Waals surface area contributed by atoms with Crippen LogP contribution in [-0.2, 0) is 14.6 Å². The summed E-state index contributed by atoms with van der Waals surface area (Å²) in [5.74, 6) is -0.222. The molecule has 6 nitrogen and oxygen atoms in total. The van der Waals surface area contributed by atoms with Crippen molar-refractivity contribution >= 4 is 33.2 Å². The van der Waals surface area contributed by atoms with E-state index in [1.807, 2.05) is 54.0 Å². The predicted molar refractivity (Wildman–Crippen MR) is 116 cm³/mol. The van der Waals surface area contributed by atoms with Crippen molar-refractivity contribution in [2.24, 2.45) is 0 Å². The van der Waals surface area contributed by atoms with E-state index in [4.69, 9.17) is 5.10 Å². The number of para-hydroxylation sites is 1. The lowest BCUT2D eigenvalue weighted by Crippen LogP contribution is -2.46. The van der Waals surface area contributed by atoms with E-state index in [0.717, 1.165) is 21.8 Å². The minimum Gasteiger partial charge on any atom is -0.346 e. The molecular formula is C21H21N3O3S2. The third-order valence-corrected chi connectivity index (χ3v) is 7.64. The summed E-state index contributed by atoms with van der Waals surface area (Å²) in [7, 11) is -3.08. The molecular weight excluding hydrogens is 406 g/mol. The van der Waals surface area contributed by atoms with Gasteiger partial charge in [0.25, 0.3) is 0 Å². The quantitative estimate of drug-likeness (QED) is 0.634. The van der Waals surface area contributed by atoms with Gasteiger partial charge in [-0.3, -0.25) is 4.79 Å². The molecule has 1 atom stereocenters. The number of thiophene rings is 1. The van der Waals surface area contributed by atoms with Crippen molar-refractivity contribution in [3.63, 3.8) is 0 Å². The van der Waals surface area contributed by atoms with Crippen molar-refractivity contribution in [1.82, 2.24) is 15.1 Å². The topological polar surface area (TPSA) is 81.1 Å². The van der Waals surface area contributed by atoms with Crippen LogP contribution in [0.1, 0.15) is 18.9 Å². The maximum Gasteiger partial charge on any atom is 0.244 e. The summed E-state index contributed by atoms with van der Waals surface area (Å²) in [4.78, 5) is 13.5. The number of rotatable bonds is 5. The minimum atomic E-state index is -3.08. The van der Waals surface area contributed by atoms with Gasteiger partial charge in [-0.1, -0.05) is 24.3 Å². The van der Waals surface area contributed by atoms with E-state index in [2.05, 4.69) is 5.32 Å². The number of hydrogen-bond donors (Lipinski definition) is 1. The summed E-state index contributed by atoms with van der Waals surface area (Å²) in [6.07, 6.45) is 5.49. The van der Waals surface area contributed by atoms with E-state index in [1.165, 1.54) is 6.08 Å². The number of sulfone groups is 1. The van der Waals surface area contributed by atoms with Crippen molar-refractivity contribution in [3.8, 4) is 16.3 Å². The zero-order chi connectivity index (χ0) is 20.5. The summed E-state index contributed by atoms with van der Waals surface area (Å²) in [6, 6.07) is 13.7. The fraction of sp³-hybridized carbons (Fsp3) is 0.238. The minimum absolute atomic E-state index is 0.0219. The second kappa shape index (κ2) is 7.61. The van der Waals surface area contributed by atoms with Crippen LogP contribution in [0.15, 0.2) is 60.1 Å². The maximum atomic E-state index is 12.4. The lowest BCUT2D eigenvalue weighted by atomic mass is 10.0. The summed E-state index contributed by atoms with van der Waals surface area (Å²) < 4.78 is 25.3. The number of carbonyl (C=O) groups excluding carboxylic acids is 1. The van der Waals surface area contributed by atoms with Crippen LogP contribution >= 0.6 is 11.3 Å². The molecule has 3 heterocycles. The number of aromatic nitrogens is 2. The number of nitrogens with zero attached hydrogens (tertiary/aromatic N) is 2. The first-order valence-electron chi connectivity index (χ1n) is 9.23. The Morgan fingerprint density at radius 2 is 2.03 bits per heavy atom. The van der Waals surface area contributed by atoms with Gasteiger partial charge in [-0.25, -0.2) is 13.1 Å². The average Bonchev–Trinajstić information content (AvgIpc) is 3.39. The van der Waals surface area contributed by atoms with Crippen LogP contribution in [0.25, 0.3) is 22.3 Å². The Hall–Kier alpha value is -2.71. The number of amides is 1. The molecule has 1 N–H and O–H groups in total. The second-order valence-electron chi connectivity index (χ2n) is 7.42. The SMILES string of the molecule is C[C@]1(NC(=O)/C=C\c2cn(-c3ccccc3)nc2-c2cccs2)CCS(=O)(=O)C1. The molecule has 4 rings (SSSR count). The fourth-order valence-electron chi connectivity index (χ4n) is 3.44. The Kier molecular flexibility index (Phi) is 5.14. The second-order valence-corrected chi connectivity index (χ2v) is 10.5. The highest BCUT2D eigenvalue weighted by Crippen LogP contribution is 2.29. The first kappa shape index (κ1) is 19.6. The van der Waals surface area contributed by atoms with E-state index >= 15 is 0 Å². The van der Waals surface area contributed by atoms with Crippen molar-refractivity contribution in [3.05, 3.63) is 65.7 Å². The van der Waals surface area contributed by atoms with Gasteiger partial charge >= 0.3 is 0 Å². The Bertz CT molecular complexity index is 1150. The number of nitrogens with one attached hydrogen (secondary N) is 1. The molecule has 0 saturated carbocycles. The van der Waals surface area contributed by atoms with Crippen LogP contribution in [0.2, 0.25) is 0 Å². The molecule has 29 heavy (non-hydrogen) atoms. The van der Waals surface area contributed by atoms with Gasteiger partial charge in [0.05, 0.1) is 27.6 Å². The van der Waals surface area contributed by atoms with Gasteiger partial charge in [0.15, 0.2) is 9.84 Å². The molecule has 1 aliphatic rings. The van der Waals surface area contributed by atoms with Gasteiger partial charge in [0, 0.05) is 17.8 Å². The van der Waals surface area contributed by atoms with Gasteiger partial charge in [-0.2, -0.15) is 5.10 Å². The zero-order valence-electron chi connectivity index (χ0n) is 15.9. The standard InChI is InChI=1S/C21H21N3O3S2/c1-21(11-13-29(26,27)15-21)22-19(25)10-9-16-14-24(17-6-3-2-4-7-17)23-20(16)18-8-5-12-28-18/h2-10,12,14H,11,13,15H2,1H3,(H,22,25)/b10-9-/t21-/m0/s1. The van der Waals surface area contributed by atoms with Crippen LogP contribution < -0.4 is 5.32 Å². The molecule has 1 saturated heterocycles. The summed E-state index contributed by atoms with van der Waals surface area (Å²) in [6.45, 7) is 1.77. The zero-order valence-corrected chi connectivity index (χ0v) is 17.5. The highest BCUT2D eigenvalue weighted by atomic mass is 32.2. The highest BCUT2D eigenvalue weighted by molar-refractivity contribution is 7.91. The Balaban J connectivity index is 1.59. The van der Waals surface area contributed by atoms with Crippen LogP contribution in [0.5, 0.6) is 0 Å². The maximum absolute atomic E-state index is 12.4. The Morgan fingerprint density at radius 3 is 2.69 bits per heavy atom. The molecule has 8 heteroatoms. The van der Waals surface area contributed by atoms with E-state index in [1.54, 1.807) is 29.0 Å². The largest absolute Gasteiger partial charge is 0.346 e. The third-order valence-electron chi connectivity index (χ3n) is 4.86. The molecule has 0 unspecified atom stereocenters. The monoisotopic (exact) mass is 427 g/mol. The van der Waals surface area contributed by atoms with Crippen molar-refractivity contribution in [2.75, 3.05) is 11.5 Å². The van der Waals surface area contributed by atoms with Crippen molar-refractivity contribution < 1.29 is 13.2 Å². The molecule has 2 aromatic heterocycles. The van der Waals surface area contributed by atoms with Gasteiger partial charge in [-0.15, -0.1) is 11.3 Å². The molecule has 0 spiro atoms. The molecule has 1 amide bonds. The molecule has 150 valence electrons. The van der Waals surface area contributed by atoms with E-state index in [-0.39, 0.29) is 17.4 Å². The first-order chi connectivity index (χ1) is 13.8. The molecule has 1 aliphatic heterocycles. The van der Waals surface area contributed by atoms with Crippen LogP contribution in [0, 0.1) is 0 Å². The molecule has 3 aromatic rings. The van der Waals surface area contributed by atoms with E-state index in [9.17, 15) is 13.2 Å². The van der Waals surface area contributed by atoms with Gasteiger partial charge in [0.1, 0.15) is 5.69 Å². The van der Waals surface area contributed by atoms with E-state index in [0.29, 0.717) is 6.42 Å². The molecule has 0 aliphatic carbocycles. The molecule has 0 radical (unpaired) electrons. The molecule has 1 fully saturated rings. The average molecular weight is 428 g/mol. The number of carbonyl (C=O) groups is 1. The van der Waals surface area contributed by atoms with Gasteiger partial charge < -0.3 is 5.32 Å². The first-order valence-corrected chi connectivity index (χ1v) is 11.9. The van der Waals surface area contributed by atoms with Crippen LogP contribution in [0.4, 0.5) is 0 Å². The number of hydrogen-bond acceptors (Lipinski definition) is 5. The van der Waals surface area contributed by atoms with Crippen LogP contribution in [-0.4, -0.2) is 41.2 Å². The smallest absolute Gasteiger partial charge is 0.244 e. The molecule has 1 aromatic carbocycles. The normalized spacial score (nSPS) is 20.9. The lowest BCUT2D eigenvalue weighted by molar-refractivity contribution is -0.117. The fourth-order valence-corrected chi connectivity index (χ4v) is 6.26. The lowest BCUT2D eigenvalue weighted by Gasteiger charge is -2.22. The van der Waals surface area contributed by atoms with E-state index < -0.39 is 15.4 Å². The molecule has 0 bridgehead atoms.